The number of aromatic nitrogens is 1. The number of halogens is 1. The molecule has 1 heterocycles. The summed E-state index contributed by atoms with van der Waals surface area (Å²) >= 11 is 1.45. The number of thiazole rings is 1. The molecule has 1 fully saturated rings. The van der Waals surface area contributed by atoms with Gasteiger partial charge in [0, 0.05) is 23.2 Å². The van der Waals surface area contributed by atoms with Crippen LogP contribution in [0.3, 0.4) is 0 Å². The predicted octanol–water partition coefficient (Wildman–Crippen LogP) is 3.11. The smallest absolute Gasteiger partial charge is 0.243 e. The second-order valence-electron chi connectivity index (χ2n) is 6.05. The van der Waals surface area contributed by atoms with Crippen molar-refractivity contribution in [1.82, 2.24) is 10.3 Å². The van der Waals surface area contributed by atoms with Gasteiger partial charge in [0.25, 0.3) is 0 Å². The molecule has 1 amide bonds. The lowest BCUT2D eigenvalue weighted by Gasteiger charge is -2.21. The summed E-state index contributed by atoms with van der Waals surface area (Å²) in [7, 11) is 3.23. The molecule has 26 heavy (non-hydrogen) atoms. The molecule has 6 nitrogen and oxygen atoms in total. The Labute approximate surface area is 163 Å². The Morgan fingerprint density at radius 2 is 2.15 bits per heavy atom. The SMILES string of the molecule is COc1ccc(CN(C(=O)CNCC2CC2)c2nccs2)c(OC)c1.Cl. The van der Waals surface area contributed by atoms with Crippen LogP contribution >= 0.6 is 23.7 Å². The van der Waals surface area contributed by atoms with Gasteiger partial charge in [0.1, 0.15) is 11.5 Å². The Balaban J connectivity index is 0.00000243. The summed E-state index contributed by atoms with van der Waals surface area (Å²) in [5.41, 5.74) is 0.911. The van der Waals surface area contributed by atoms with E-state index in [1.807, 2.05) is 23.6 Å². The Hall–Kier alpha value is -1.83. The molecule has 3 rings (SSSR count). The van der Waals surface area contributed by atoms with E-state index in [4.69, 9.17) is 9.47 Å². The van der Waals surface area contributed by atoms with E-state index in [0.717, 1.165) is 23.8 Å². The lowest BCUT2D eigenvalue weighted by Crippen LogP contribution is -2.38. The van der Waals surface area contributed by atoms with Gasteiger partial charge >= 0.3 is 0 Å². The van der Waals surface area contributed by atoms with Crippen LogP contribution in [0.15, 0.2) is 29.8 Å². The zero-order chi connectivity index (χ0) is 17.6. The van der Waals surface area contributed by atoms with Gasteiger partial charge in [-0.3, -0.25) is 9.69 Å². The van der Waals surface area contributed by atoms with Crippen LogP contribution in [0, 0.1) is 5.92 Å². The van der Waals surface area contributed by atoms with E-state index in [2.05, 4.69) is 10.3 Å². The third kappa shape index (κ3) is 5.33. The first-order valence-corrected chi connectivity index (χ1v) is 9.20. The third-order valence-electron chi connectivity index (χ3n) is 4.18. The predicted molar refractivity (Wildman–Crippen MR) is 106 cm³/mol. The molecule has 1 N–H and O–H groups in total. The van der Waals surface area contributed by atoms with E-state index in [0.29, 0.717) is 24.0 Å². The number of nitrogens with one attached hydrogen (secondary N) is 1. The number of nitrogens with zero attached hydrogens (tertiary/aromatic N) is 2. The number of carbonyl (C=O) groups is 1. The van der Waals surface area contributed by atoms with E-state index in [1.165, 1.54) is 24.2 Å². The highest BCUT2D eigenvalue weighted by Gasteiger charge is 2.23. The van der Waals surface area contributed by atoms with Gasteiger partial charge in [0.05, 0.1) is 27.3 Å². The van der Waals surface area contributed by atoms with Crippen LogP contribution in [-0.2, 0) is 11.3 Å². The Bertz CT molecular complexity index is 708. The van der Waals surface area contributed by atoms with Gasteiger partial charge in [-0.05, 0) is 37.4 Å². The number of carbonyl (C=O) groups excluding carboxylic acids is 1. The average Bonchev–Trinajstić information content (AvgIpc) is 3.30. The van der Waals surface area contributed by atoms with Crippen molar-refractivity contribution in [2.45, 2.75) is 19.4 Å². The molecule has 1 aromatic heterocycles. The fourth-order valence-electron chi connectivity index (χ4n) is 2.57. The van der Waals surface area contributed by atoms with Crippen LogP contribution in [0.25, 0.3) is 0 Å². The van der Waals surface area contributed by atoms with Crippen LogP contribution in [0.4, 0.5) is 5.13 Å². The summed E-state index contributed by atoms with van der Waals surface area (Å²) in [6, 6.07) is 5.61. The van der Waals surface area contributed by atoms with Gasteiger partial charge in [0.2, 0.25) is 5.91 Å². The molecule has 0 radical (unpaired) electrons. The van der Waals surface area contributed by atoms with Crippen molar-refractivity contribution in [3.8, 4) is 11.5 Å². The Kier molecular flexibility index (Phi) is 7.68. The number of methoxy groups -OCH3 is 2. The Morgan fingerprint density at radius 1 is 1.35 bits per heavy atom. The molecule has 1 aliphatic carbocycles. The zero-order valence-corrected chi connectivity index (χ0v) is 16.6. The highest BCUT2D eigenvalue weighted by Crippen LogP contribution is 2.29. The summed E-state index contributed by atoms with van der Waals surface area (Å²) in [6.45, 7) is 1.63. The van der Waals surface area contributed by atoms with Gasteiger partial charge in [-0.15, -0.1) is 23.7 Å². The van der Waals surface area contributed by atoms with Crippen molar-refractivity contribution in [3.05, 3.63) is 35.3 Å². The molecule has 8 heteroatoms. The molecule has 0 atom stereocenters. The molecule has 0 aliphatic heterocycles. The molecular weight excluding hydrogens is 374 g/mol. The summed E-state index contributed by atoms with van der Waals surface area (Å²) in [4.78, 5) is 18.7. The number of rotatable bonds is 9. The van der Waals surface area contributed by atoms with E-state index < -0.39 is 0 Å². The van der Waals surface area contributed by atoms with Crippen LogP contribution in [0.2, 0.25) is 0 Å². The van der Waals surface area contributed by atoms with Gasteiger partial charge in [-0.1, -0.05) is 0 Å². The second kappa shape index (κ2) is 9.75. The molecule has 1 aromatic carbocycles. The molecule has 0 unspecified atom stereocenters. The lowest BCUT2D eigenvalue weighted by atomic mass is 10.1. The van der Waals surface area contributed by atoms with Crippen molar-refractivity contribution in [2.75, 3.05) is 32.2 Å². The standard InChI is InChI=1S/C18H23N3O3S.ClH/c1-23-15-6-5-14(16(9-15)24-2)12-21(18-20-7-8-25-18)17(22)11-19-10-13-3-4-13;/h5-9,13,19H,3-4,10-12H2,1-2H3;1H. The summed E-state index contributed by atoms with van der Waals surface area (Å²) in [6.07, 6.45) is 4.24. The summed E-state index contributed by atoms with van der Waals surface area (Å²) < 4.78 is 10.7. The fraction of sp³-hybridized carbons (Fsp3) is 0.444. The molecule has 1 aliphatic rings. The van der Waals surface area contributed by atoms with Crippen LogP contribution in [0.1, 0.15) is 18.4 Å². The molecule has 2 aromatic rings. The quantitative estimate of drug-likeness (QED) is 0.704. The minimum atomic E-state index is 0. The molecule has 0 saturated heterocycles. The van der Waals surface area contributed by atoms with Crippen molar-refractivity contribution in [2.24, 2.45) is 5.92 Å². The number of benzene rings is 1. The normalized spacial score (nSPS) is 13.0. The molecule has 142 valence electrons. The molecule has 0 spiro atoms. The number of hydrogen-bond acceptors (Lipinski definition) is 6. The minimum absolute atomic E-state index is 0. The molecule has 1 saturated carbocycles. The van der Waals surface area contributed by atoms with Gasteiger partial charge in [-0.25, -0.2) is 4.98 Å². The van der Waals surface area contributed by atoms with Gasteiger partial charge in [-0.2, -0.15) is 0 Å². The summed E-state index contributed by atoms with van der Waals surface area (Å²) in [5, 5.41) is 5.82. The maximum Gasteiger partial charge on any atom is 0.243 e. The average molecular weight is 398 g/mol. The highest BCUT2D eigenvalue weighted by atomic mass is 35.5. The van der Waals surface area contributed by atoms with Crippen LogP contribution < -0.4 is 19.7 Å². The topological polar surface area (TPSA) is 63.7 Å². The number of amides is 1. The Morgan fingerprint density at radius 3 is 2.77 bits per heavy atom. The van der Waals surface area contributed by atoms with Crippen molar-refractivity contribution >= 4 is 34.8 Å². The second-order valence-corrected chi connectivity index (χ2v) is 6.92. The number of anilines is 1. The van der Waals surface area contributed by atoms with Crippen LogP contribution in [-0.4, -0.2) is 38.2 Å². The first-order valence-electron chi connectivity index (χ1n) is 8.32. The van der Waals surface area contributed by atoms with Crippen molar-refractivity contribution in [1.29, 1.82) is 0 Å². The minimum Gasteiger partial charge on any atom is -0.497 e. The molecular formula is C18H24ClN3O3S. The zero-order valence-electron chi connectivity index (χ0n) is 14.9. The van der Waals surface area contributed by atoms with E-state index in [1.54, 1.807) is 25.3 Å². The lowest BCUT2D eigenvalue weighted by molar-refractivity contribution is -0.117. The largest absolute Gasteiger partial charge is 0.497 e. The molecule has 0 bridgehead atoms. The highest BCUT2D eigenvalue weighted by molar-refractivity contribution is 7.13. The van der Waals surface area contributed by atoms with Crippen molar-refractivity contribution < 1.29 is 14.3 Å². The van der Waals surface area contributed by atoms with Crippen LogP contribution in [0.5, 0.6) is 11.5 Å². The first kappa shape index (κ1) is 20.5. The van der Waals surface area contributed by atoms with Gasteiger partial charge in [0.15, 0.2) is 5.13 Å². The maximum absolute atomic E-state index is 12.7. The van der Waals surface area contributed by atoms with E-state index in [-0.39, 0.29) is 18.3 Å². The van der Waals surface area contributed by atoms with E-state index >= 15 is 0 Å². The first-order chi connectivity index (χ1) is 12.2. The number of hydrogen-bond donors (Lipinski definition) is 1. The van der Waals surface area contributed by atoms with E-state index in [9.17, 15) is 4.79 Å². The maximum atomic E-state index is 12.7. The van der Waals surface area contributed by atoms with Crippen molar-refractivity contribution in [3.63, 3.8) is 0 Å². The fourth-order valence-corrected chi connectivity index (χ4v) is 3.22. The third-order valence-corrected chi connectivity index (χ3v) is 4.97. The summed E-state index contributed by atoms with van der Waals surface area (Å²) in [5.74, 6) is 2.16. The van der Waals surface area contributed by atoms with Gasteiger partial charge < -0.3 is 14.8 Å². The number of ether oxygens (including phenoxy) is 2. The monoisotopic (exact) mass is 397 g/mol.